The Morgan fingerprint density at radius 1 is 0.278 bits per heavy atom. The fraction of sp³-hybridized carbons (Fsp3) is 0.602. The van der Waals surface area contributed by atoms with Gasteiger partial charge in [-0.15, -0.1) is 0 Å². The van der Waals surface area contributed by atoms with E-state index in [1.807, 2.05) is 48.5 Å². The van der Waals surface area contributed by atoms with E-state index in [0.717, 1.165) is 27.1 Å². The number of carbonyl (C=O) groups is 19. The molecule has 0 aliphatic carbocycles. The van der Waals surface area contributed by atoms with Crippen LogP contribution in [-0.2, 0) is 121 Å². The van der Waals surface area contributed by atoms with Crippen molar-refractivity contribution in [2.75, 3.05) is 78.0 Å². The maximum absolute atomic E-state index is 13.9. The molecule has 0 saturated heterocycles. The Balaban J connectivity index is 1.02. The average molecular weight is 2030 g/mol. The van der Waals surface area contributed by atoms with Crippen molar-refractivity contribution in [3.8, 4) is 11.5 Å². The van der Waals surface area contributed by atoms with Crippen molar-refractivity contribution in [2.24, 2.45) is 0 Å². The van der Waals surface area contributed by atoms with Gasteiger partial charge in [0.25, 0.3) is 0 Å². The summed E-state index contributed by atoms with van der Waals surface area (Å²) >= 11 is 0. The molecule has 10 atom stereocenters. The molecule has 19 amide bonds. The van der Waals surface area contributed by atoms with E-state index < -0.39 is 223 Å². The van der Waals surface area contributed by atoms with E-state index in [1.165, 1.54) is 173 Å². The van der Waals surface area contributed by atoms with Crippen LogP contribution in [0.3, 0.4) is 0 Å². The van der Waals surface area contributed by atoms with Crippen LogP contribution in [0.5, 0.6) is 11.5 Å². The summed E-state index contributed by atoms with van der Waals surface area (Å²) in [6.07, 6.45) is -0.926. The van der Waals surface area contributed by atoms with E-state index in [4.69, 9.17) is 37.9 Å². The zero-order valence-corrected chi connectivity index (χ0v) is 87.7. The number of nitrogens with one attached hydrogen (secondary N) is 19. The number of fused-ring (bicyclic) bond motifs is 3. The Bertz CT molecular complexity index is 5270. The van der Waals surface area contributed by atoms with Crippen LogP contribution < -0.4 is 110 Å². The monoisotopic (exact) mass is 2020 g/mol. The molecule has 0 unspecified atom stereocenters. The topological polar surface area (TPSA) is 627 Å². The number of benzene rings is 4. The number of anilines is 1. The Morgan fingerprint density at radius 2 is 0.521 bits per heavy atom. The third-order valence-corrected chi connectivity index (χ3v) is 22.4. The molecule has 1 aliphatic heterocycles. The van der Waals surface area contributed by atoms with E-state index in [0.29, 0.717) is 56.8 Å². The molecule has 4 aromatic carbocycles. The van der Waals surface area contributed by atoms with Crippen molar-refractivity contribution in [1.29, 1.82) is 0 Å². The van der Waals surface area contributed by atoms with Gasteiger partial charge in [0.15, 0.2) is 11.5 Å². The van der Waals surface area contributed by atoms with Crippen LogP contribution in [0.4, 0.5) is 10.5 Å². The molecule has 46 heteroatoms. The molecule has 0 aromatic heterocycles. The first-order valence-corrected chi connectivity index (χ1v) is 47.4. The second-order valence-corrected chi connectivity index (χ2v) is 40.5. The molecular weight excluding hydrogens is 1880 g/mol. The molecule has 1 heterocycles. The number of carbonyl (C=O) groups excluding carboxylic acids is 19. The van der Waals surface area contributed by atoms with Crippen molar-refractivity contribution in [2.45, 2.75) is 311 Å². The molecule has 19 N–H and O–H groups in total. The first kappa shape index (κ1) is 121. The lowest BCUT2D eigenvalue weighted by atomic mass is 9.97. The standard InChI is InChI=1S/C98H149N19O27/c1-53(71(118)108-64-37-38-69-70(50-64)143-48-46-140-44-42-138-40-39-137-41-43-139-45-47-142-69)100-81(128)91(13,14)111-73(120)55(3)102-83(130)93(17,18)113-75(122)57(5)104-85(132)95(21,22)115-77(124)59(7)106-87(134)97(25,26)117-79(126)61(9)107-88(135)98(27,28)116-78(125)60(8)105-86(133)96(23,24)114-76(123)58(6)103-84(131)94(19,20)112-74(121)56(4)101-82(129)92(15,16)110-72(119)54(2)99-80(127)68(109-89(136)144-90(10,11)12)52-141-51-67-65-35-31-29-33-62(65)49-63-34-30-32-36-66(63)67/h29-38,49-50,53-61,68H,39-48,51-52H2,1-28H3,(H,99,127)(H,100,128)(H,101,129)(H,102,130)(H,103,131)(H,104,132)(H,105,133)(H,106,134)(H,107,135)(H,108,118)(H,109,136)(H,110,119)(H,111,120)(H,112,121)(H,113,122)(H,114,123)(H,115,124)(H,116,125)(H,117,126)/t53-,54-,55-,56-,57-,58-,59-,60-,61-,68-/m0/s1. The van der Waals surface area contributed by atoms with Crippen molar-refractivity contribution in [3.05, 3.63) is 78.4 Å². The highest BCUT2D eigenvalue weighted by molar-refractivity contribution is 6.06. The highest BCUT2D eigenvalue weighted by Crippen LogP contribution is 2.32. The molecule has 0 spiro atoms. The quantitative estimate of drug-likeness (QED) is 0.0270. The van der Waals surface area contributed by atoms with Crippen LogP contribution in [0, 0.1) is 0 Å². The SMILES string of the molecule is C[C@H](NC(=O)[C@H](COCc1c2ccccc2cc2ccccc12)NC(=O)OC(C)(C)C)C(=O)NC(C)(C)C(=O)N[C@@H](C)C(=O)NC(C)(C)C(=O)N[C@@H](C)C(=O)NC(C)(C)C(=O)N[C@@H](C)C(=O)NC(C)(C)C(=O)N[C@@H](C)C(=O)NC(C)(C)C(=O)N[C@@H](C)C(=O)NC(C)(C)C(=O)N[C@@H](C)C(=O)NC(C)(C)C(=O)N[C@@H](C)C(=O)NC(C)(C)C(=O)N[C@@H](C)C(=O)Nc1ccc2c(c1)OCCOCCOCCOCCOCCO2. The van der Waals surface area contributed by atoms with E-state index >= 15 is 0 Å². The van der Waals surface area contributed by atoms with Gasteiger partial charge in [-0.3, -0.25) is 86.3 Å². The largest absolute Gasteiger partial charge is 0.487 e. The molecule has 0 bridgehead atoms. The molecule has 0 saturated carbocycles. The third kappa shape index (κ3) is 37.7. The molecule has 1 aliphatic rings. The van der Waals surface area contributed by atoms with E-state index in [2.05, 4.69) is 107 Å². The van der Waals surface area contributed by atoms with Crippen LogP contribution >= 0.6 is 0 Å². The minimum Gasteiger partial charge on any atom is -0.487 e. The lowest BCUT2D eigenvalue weighted by molar-refractivity contribution is -0.139. The smallest absolute Gasteiger partial charge is 0.408 e. The van der Waals surface area contributed by atoms with Gasteiger partial charge in [0.05, 0.1) is 66.1 Å². The van der Waals surface area contributed by atoms with Crippen LogP contribution in [-0.4, -0.2) is 295 Å². The van der Waals surface area contributed by atoms with Crippen molar-refractivity contribution >= 4 is 140 Å². The first-order valence-electron chi connectivity index (χ1n) is 47.4. The Kier molecular flexibility index (Phi) is 43.8. The van der Waals surface area contributed by atoms with Crippen LogP contribution in [0.1, 0.15) is 199 Å². The minimum absolute atomic E-state index is 0.0417. The van der Waals surface area contributed by atoms with Gasteiger partial charge in [-0.2, -0.15) is 0 Å². The first-order chi connectivity index (χ1) is 66.5. The average Bonchev–Trinajstić information content (AvgIpc) is 0.773. The van der Waals surface area contributed by atoms with Gasteiger partial charge in [-0.1, -0.05) is 48.5 Å². The van der Waals surface area contributed by atoms with Crippen LogP contribution in [0.25, 0.3) is 21.5 Å². The van der Waals surface area contributed by atoms with Crippen molar-refractivity contribution < 1.29 is 129 Å². The summed E-state index contributed by atoms with van der Waals surface area (Å²) < 4.78 is 45.5. The van der Waals surface area contributed by atoms with Gasteiger partial charge in [0.1, 0.15) is 124 Å². The number of hydrogen-bond donors (Lipinski definition) is 19. The number of hydrogen-bond acceptors (Lipinski definition) is 27. The summed E-state index contributed by atoms with van der Waals surface area (Å²) in [5.41, 5.74) is -13.8. The molecule has 0 radical (unpaired) electrons. The maximum Gasteiger partial charge on any atom is 0.408 e. The number of alkyl carbamates (subject to hydrolysis) is 1. The minimum atomic E-state index is -1.78. The van der Waals surface area contributed by atoms with Gasteiger partial charge in [-0.25, -0.2) is 4.79 Å². The second kappa shape index (κ2) is 52.2. The van der Waals surface area contributed by atoms with Crippen molar-refractivity contribution in [1.82, 2.24) is 95.7 Å². The van der Waals surface area contributed by atoms with Gasteiger partial charge < -0.3 is 139 Å². The zero-order valence-electron chi connectivity index (χ0n) is 87.7. The number of ether oxygens (including phenoxy) is 8. The van der Waals surface area contributed by atoms with Gasteiger partial charge in [-0.05, 0) is 239 Å². The zero-order chi connectivity index (χ0) is 109. The lowest BCUT2D eigenvalue weighted by Gasteiger charge is -2.32. The van der Waals surface area contributed by atoms with Gasteiger partial charge >= 0.3 is 6.09 Å². The molecule has 0 fully saturated rings. The van der Waals surface area contributed by atoms with Crippen molar-refractivity contribution in [3.63, 3.8) is 0 Å². The highest BCUT2D eigenvalue weighted by Gasteiger charge is 2.44. The molecule has 4 aromatic rings. The van der Waals surface area contributed by atoms with E-state index in [1.54, 1.807) is 39.0 Å². The summed E-state index contributed by atoms with van der Waals surface area (Å²) in [4.78, 5) is 259. The second-order valence-electron chi connectivity index (χ2n) is 40.5. The molecule has 798 valence electrons. The predicted octanol–water partition coefficient (Wildman–Crippen LogP) is 0.580. The summed E-state index contributed by atoms with van der Waals surface area (Å²) in [7, 11) is 0. The highest BCUT2D eigenvalue weighted by atomic mass is 16.6. The Labute approximate surface area is 839 Å². The lowest BCUT2D eigenvalue weighted by Crippen LogP contribution is -2.65. The summed E-state index contributed by atoms with van der Waals surface area (Å²) in [6, 6.07) is 8.98. The summed E-state index contributed by atoms with van der Waals surface area (Å²) in [6.45, 7) is 40.6. The fourth-order valence-corrected chi connectivity index (χ4v) is 13.1. The van der Waals surface area contributed by atoms with E-state index in [-0.39, 0.29) is 39.6 Å². The molecular formula is C98H149N19O27. The Morgan fingerprint density at radius 3 is 0.792 bits per heavy atom. The maximum atomic E-state index is 13.9. The van der Waals surface area contributed by atoms with Crippen LogP contribution in [0.2, 0.25) is 0 Å². The van der Waals surface area contributed by atoms with Gasteiger partial charge in [0, 0.05) is 11.8 Å². The molecule has 144 heavy (non-hydrogen) atoms. The summed E-state index contributed by atoms with van der Waals surface area (Å²) in [5.74, 6) is -14.7. The fourth-order valence-electron chi connectivity index (χ4n) is 13.1. The predicted molar refractivity (Wildman–Crippen MR) is 530 cm³/mol. The molecule has 5 rings (SSSR count). The van der Waals surface area contributed by atoms with Gasteiger partial charge in [0.2, 0.25) is 106 Å². The summed E-state index contributed by atoms with van der Waals surface area (Å²) in [5, 5.41) is 51.6. The van der Waals surface area contributed by atoms with E-state index in [9.17, 15) is 91.1 Å². The Hall–Kier alpha value is -13.5. The number of rotatable bonds is 41. The van der Waals surface area contributed by atoms with Crippen LogP contribution in [0.15, 0.2) is 72.8 Å². The molecule has 46 nitrogen and oxygen atoms in total. The normalized spacial score (nSPS) is 15.6. The third-order valence-electron chi connectivity index (χ3n) is 22.4. The number of amides is 19.